The van der Waals surface area contributed by atoms with Gasteiger partial charge in [-0.25, -0.2) is 18.0 Å². The number of sulfonamides is 1. The molecule has 4 N–H and O–H groups in total. The highest BCUT2D eigenvalue weighted by Crippen LogP contribution is 2.27. The third kappa shape index (κ3) is 14.9. The number of carboxylic acids is 1. The number of carboxylic acid groups (broad SMARTS) is 1. The van der Waals surface area contributed by atoms with Crippen molar-refractivity contribution in [3.05, 3.63) is 139 Å². The Balaban J connectivity index is 0.000000326. The number of hydrogen-bond donors (Lipinski definition) is 4. The highest BCUT2D eigenvalue weighted by Gasteiger charge is 2.27. The van der Waals surface area contributed by atoms with E-state index in [4.69, 9.17) is 51.1 Å². The number of carbonyl (C=O) groups excluding carboxylic acids is 3. The second-order valence-corrected chi connectivity index (χ2v) is 17.5. The molecule has 2 atom stereocenters. The van der Waals surface area contributed by atoms with Crippen LogP contribution < -0.4 is 16.0 Å². The topological polar surface area (TPSA) is 197 Å². The molecule has 0 saturated heterocycles. The molecule has 21 heteroatoms. The van der Waals surface area contributed by atoms with E-state index in [-0.39, 0.29) is 68.9 Å². The monoisotopic (exact) mass is 1000 g/mol. The van der Waals surface area contributed by atoms with Crippen molar-refractivity contribution in [2.45, 2.75) is 37.8 Å². The number of amides is 2. The van der Waals surface area contributed by atoms with Crippen molar-refractivity contribution in [3.63, 3.8) is 0 Å². The van der Waals surface area contributed by atoms with Crippen LogP contribution in [0.5, 0.6) is 0 Å². The lowest BCUT2D eigenvalue weighted by molar-refractivity contribution is -0.143. The molecule has 2 aliphatic rings. The van der Waals surface area contributed by atoms with Gasteiger partial charge >= 0.3 is 11.9 Å². The normalized spacial score (nSPS) is 14.7. The molecule has 0 spiro atoms. The van der Waals surface area contributed by atoms with Crippen LogP contribution in [-0.4, -0.2) is 103 Å². The summed E-state index contributed by atoms with van der Waals surface area (Å²) in [5, 5.41) is 18.6. The zero-order valence-electron chi connectivity index (χ0n) is 33.8. The van der Waals surface area contributed by atoms with Gasteiger partial charge in [-0.1, -0.05) is 82.8 Å². The third-order valence-corrected chi connectivity index (χ3v) is 12.2. The molecule has 2 aliphatic heterocycles. The van der Waals surface area contributed by atoms with Gasteiger partial charge in [0.1, 0.15) is 12.1 Å². The maximum absolute atomic E-state index is 12.6. The minimum Gasteiger partial charge on any atom is -0.480 e. The molecule has 6 rings (SSSR count). The minimum atomic E-state index is -3.23. The number of aliphatic carboxylic acids is 1. The Morgan fingerprint density at radius 3 is 1.62 bits per heavy atom. The number of carbonyl (C=O) groups is 4. The summed E-state index contributed by atoms with van der Waals surface area (Å²) < 4.78 is 29.5. The Labute approximate surface area is 397 Å². The van der Waals surface area contributed by atoms with Gasteiger partial charge < -0.3 is 25.8 Å². The molecule has 4 aromatic rings. The number of ether oxygens (including phenoxy) is 1. The van der Waals surface area contributed by atoms with Gasteiger partial charge in [0.15, 0.2) is 0 Å². The molecule has 0 fully saturated rings. The van der Waals surface area contributed by atoms with Crippen LogP contribution >= 0.6 is 71.2 Å². The molecule has 338 valence electrons. The van der Waals surface area contributed by atoms with Crippen LogP contribution in [0.1, 0.15) is 56.1 Å². The molecule has 14 nitrogen and oxygen atoms in total. The first-order chi connectivity index (χ1) is 29.0. The van der Waals surface area contributed by atoms with Crippen molar-refractivity contribution < 1.29 is 37.4 Å². The molecule has 0 bridgehead atoms. The molecule has 0 unspecified atom stereocenters. The van der Waals surface area contributed by atoms with Gasteiger partial charge in [0.05, 0.1) is 44.6 Å². The lowest BCUT2D eigenvalue weighted by Gasteiger charge is -2.24. The SMILES string of the molecule is COC(=O)[C@H](Cc1ccc(C2=CCNCC2)cn1)NC(=O)c1c(Cl)cccc1Cl.CS(=O)(=O)N1CC=C(c2ccc(C[C@H](NC(=O)c3c(Cl)cccc3Cl)C(=O)O)nc2)CC1.Cl.Cl. The highest BCUT2D eigenvalue weighted by atomic mass is 35.5. The molecule has 4 heterocycles. The van der Waals surface area contributed by atoms with E-state index >= 15 is 0 Å². The number of aromatic nitrogens is 2. The summed E-state index contributed by atoms with van der Waals surface area (Å²) in [5.41, 5.74) is 5.36. The fourth-order valence-corrected chi connectivity index (χ4v) is 8.32. The maximum atomic E-state index is 12.6. The molecule has 2 amide bonds. The number of benzene rings is 2. The van der Waals surface area contributed by atoms with Gasteiger partial charge in [0, 0.05) is 56.3 Å². The van der Waals surface area contributed by atoms with Gasteiger partial charge in [-0.05, 0) is 78.1 Å². The van der Waals surface area contributed by atoms with E-state index in [0.717, 1.165) is 36.2 Å². The predicted octanol–water partition coefficient (Wildman–Crippen LogP) is 6.99. The molecule has 2 aromatic carbocycles. The van der Waals surface area contributed by atoms with E-state index in [9.17, 15) is 32.7 Å². The zero-order valence-corrected chi connectivity index (χ0v) is 39.3. The Morgan fingerprint density at radius 1 is 0.762 bits per heavy atom. The molecule has 0 aliphatic carbocycles. The first-order valence-corrected chi connectivity index (χ1v) is 22.2. The van der Waals surface area contributed by atoms with Crippen LogP contribution in [0.4, 0.5) is 0 Å². The first kappa shape index (κ1) is 53.1. The molecule has 0 saturated carbocycles. The van der Waals surface area contributed by atoms with Crippen LogP contribution in [0.15, 0.2) is 85.2 Å². The number of pyridine rings is 2. The second-order valence-electron chi connectivity index (χ2n) is 13.9. The summed E-state index contributed by atoms with van der Waals surface area (Å²) in [6.45, 7) is 2.48. The predicted molar refractivity (Wildman–Crippen MR) is 250 cm³/mol. The fourth-order valence-electron chi connectivity index (χ4n) is 6.41. The van der Waals surface area contributed by atoms with Crippen LogP contribution in [0, 0.1) is 0 Å². The molecule has 0 radical (unpaired) electrons. The number of nitrogens with one attached hydrogen (secondary N) is 3. The van der Waals surface area contributed by atoms with E-state index in [1.807, 2.05) is 18.2 Å². The summed E-state index contributed by atoms with van der Waals surface area (Å²) in [6, 6.07) is 14.5. The van der Waals surface area contributed by atoms with Crippen molar-refractivity contribution in [3.8, 4) is 0 Å². The molecular formula is C42H44Cl6N6O8S. The smallest absolute Gasteiger partial charge is 0.328 e. The Hall–Kier alpha value is -4.29. The fraction of sp³-hybridized carbons (Fsp3) is 0.286. The van der Waals surface area contributed by atoms with E-state index in [0.29, 0.717) is 30.9 Å². The van der Waals surface area contributed by atoms with E-state index in [1.165, 1.54) is 35.4 Å². The average molecular weight is 1010 g/mol. The molecular weight excluding hydrogens is 961 g/mol. The van der Waals surface area contributed by atoms with Crippen molar-refractivity contribution in [2.24, 2.45) is 0 Å². The van der Waals surface area contributed by atoms with Crippen molar-refractivity contribution in [1.29, 1.82) is 0 Å². The standard InChI is InChI=1S/C21H21Cl2N3O5S.C21H21Cl2N3O3.2ClH/c1-32(30,31)26-9-7-13(8-10-26)14-5-6-15(24-12-14)11-18(21(28)29)25-20(27)19-16(22)3-2-4-17(19)23;1-29-21(28)18(26-20(27)19-16(22)3-2-4-17(19)23)11-15-6-5-14(12-25-15)13-7-9-24-10-8-13;;/h2-7,12,18H,8-11H2,1H3,(H,25,27)(H,28,29);2-7,12,18,24H,8-11H2,1H3,(H,26,27);2*1H/t2*18-;;/m00../s1. The zero-order chi connectivity index (χ0) is 44.3. The van der Waals surface area contributed by atoms with Gasteiger partial charge in [0.2, 0.25) is 10.0 Å². The van der Waals surface area contributed by atoms with Crippen LogP contribution in [0.2, 0.25) is 20.1 Å². The van der Waals surface area contributed by atoms with Gasteiger partial charge in [0.25, 0.3) is 11.8 Å². The molecule has 2 aromatic heterocycles. The largest absolute Gasteiger partial charge is 0.480 e. The van der Waals surface area contributed by atoms with Crippen LogP contribution in [0.3, 0.4) is 0 Å². The van der Waals surface area contributed by atoms with Crippen molar-refractivity contribution in [1.82, 2.24) is 30.2 Å². The van der Waals surface area contributed by atoms with Crippen molar-refractivity contribution >= 4 is 116 Å². The number of methoxy groups -OCH3 is 1. The van der Waals surface area contributed by atoms with E-state index in [2.05, 4.69) is 32.0 Å². The average Bonchev–Trinajstić information content (AvgIpc) is 3.23. The van der Waals surface area contributed by atoms with Gasteiger partial charge in [-0.15, -0.1) is 24.8 Å². The number of hydrogen-bond acceptors (Lipinski definition) is 10. The minimum absolute atomic E-state index is 0. The summed E-state index contributed by atoms with van der Waals surface area (Å²) in [4.78, 5) is 57.9. The first-order valence-electron chi connectivity index (χ1n) is 18.8. The summed E-state index contributed by atoms with van der Waals surface area (Å²) >= 11 is 24.2. The lowest BCUT2D eigenvalue weighted by Crippen LogP contribution is -2.43. The summed E-state index contributed by atoms with van der Waals surface area (Å²) in [6.07, 6.45) is 10.2. The number of nitrogens with zero attached hydrogens (tertiary/aromatic N) is 3. The number of rotatable bonds is 13. The van der Waals surface area contributed by atoms with E-state index in [1.54, 1.807) is 48.8 Å². The Kier molecular flexibility index (Phi) is 20.8. The van der Waals surface area contributed by atoms with Crippen LogP contribution in [0.25, 0.3) is 11.1 Å². The Bertz CT molecular complexity index is 2400. The summed E-state index contributed by atoms with van der Waals surface area (Å²) in [5.74, 6) is -3.03. The Morgan fingerprint density at radius 2 is 1.24 bits per heavy atom. The third-order valence-electron chi connectivity index (χ3n) is 9.70. The van der Waals surface area contributed by atoms with Crippen molar-refractivity contribution in [2.75, 3.05) is 39.5 Å². The number of halogens is 6. The quantitative estimate of drug-likeness (QED) is 0.101. The van der Waals surface area contributed by atoms with E-state index < -0.39 is 45.9 Å². The highest BCUT2D eigenvalue weighted by molar-refractivity contribution is 7.88. The van der Waals surface area contributed by atoms with Crippen LogP contribution in [-0.2, 0) is 37.2 Å². The van der Waals surface area contributed by atoms with Gasteiger partial charge in [-0.2, -0.15) is 4.31 Å². The lowest BCUT2D eigenvalue weighted by atomic mass is 10.0. The van der Waals surface area contributed by atoms with Gasteiger partial charge in [-0.3, -0.25) is 19.6 Å². The number of esters is 1. The maximum Gasteiger partial charge on any atom is 0.328 e. The summed E-state index contributed by atoms with van der Waals surface area (Å²) in [7, 11) is -1.96. The molecule has 63 heavy (non-hydrogen) atoms. The second kappa shape index (κ2) is 24.7.